The maximum atomic E-state index is 2.61. The van der Waals surface area contributed by atoms with Crippen molar-refractivity contribution in [3.05, 3.63) is 0 Å². The average molecular weight is 195 g/mol. The molecule has 0 radical (unpaired) electrons. The Kier molecular flexibility index (Phi) is 3.48. The highest BCUT2D eigenvalue weighted by Crippen LogP contribution is 2.36. The molecule has 2 fully saturated rings. The van der Waals surface area contributed by atoms with E-state index in [1.165, 1.54) is 51.5 Å². The number of rotatable bonds is 2. The van der Waals surface area contributed by atoms with Gasteiger partial charge in [0.05, 0.1) is 0 Å². The zero-order chi connectivity index (χ0) is 9.97. The summed E-state index contributed by atoms with van der Waals surface area (Å²) < 4.78 is 0. The maximum Gasteiger partial charge on any atom is 0.0121 e. The molecular weight excluding hydrogens is 170 g/mol. The van der Waals surface area contributed by atoms with E-state index < -0.39 is 0 Å². The summed E-state index contributed by atoms with van der Waals surface area (Å²) in [5.74, 6) is 2.09. The molecule has 2 rings (SSSR count). The Bertz CT molecular complexity index is 170. The van der Waals surface area contributed by atoms with Crippen LogP contribution in [0, 0.1) is 11.8 Å². The third kappa shape index (κ3) is 2.13. The van der Waals surface area contributed by atoms with Crippen molar-refractivity contribution >= 4 is 0 Å². The Balaban J connectivity index is 1.82. The first-order valence-corrected chi connectivity index (χ1v) is 6.51. The number of nitrogens with zero attached hydrogens (tertiary/aromatic N) is 1. The summed E-state index contributed by atoms with van der Waals surface area (Å²) in [7, 11) is 2.32. The third-order valence-corrected chi connectivity index (χ3v) is 4.59. The monoisotopic (exact) mass is 195 g/mol. The smallest absolute Gasteiger partial charge is 0.0121 e. The largest absolute Gasteiger partial charge is 0.303 e. The van der Waals surface area contributed by atoms with Crippen LogP contribution >= 0.6 is 0 Å². The summed E-state index contributed by atoms with van der Waals surface area (Å²) in [6.45, 7) is 3.70. The van der Waals surface area contributed by atoms with Crippen LogP contribution in [0.1, 0.15) is 51.9 Å². The van der Waals surface area contributed by atoms with Crippen molar-refractivity contribution in [1.29, 1.82) is 0 Å². The van der Waals surface area contributed by atoms with E-state index in [2.05, 4.69) is 18.9 Å². The summed E-state index contributed by atoms with van der Waals surface area (Å²) in [5.41, 5.74) is 0. The van der Waals surface area contributed by atoms with Crippen LogP contribution in [-0.4, -0.2) is 24.5 Å². The Morgan fingerprint density at radius 3 is 2.29 bits per heavy atom. The number of hydrogen-bond donors (Lipinski definition) is 0. The summed E-state index contributed by atoms with van der Waals surface area (Å²) in [4.78, 5) is 2.61. The lowest BCUT2D eigenvalue weighted by molar-refractivity contribution is 0.159. The van der Waals surface area contributed by atoms with E-state index in [4.69, 9.17) is 0 Å². The molecule has 1 saturated heterocycles. The van der Waals surface area contributed by atoms with Crippen LogP contribution in [-0.2, 0) is 0 Å². The zero-order valence-corrected chi connectivity index (χ0v) is 9.84. The molecule has 0 aromatic rings. The normalized spacial score (nSPS) is 40.3. The third-order valence-electron chi connectivity index (χ3n) is 4.59. The zero-order valence-electron chi connectivity index (χ0n) is 9.84. The lowest BCUT2D eigenvalue weighted by Gasteiger charge is -2.34. The molecule has 14 heavy (non-hydrogen) atoms. The van der Waals surface area contributed by atoms with Crippen molar-refractivity contribution in [2.45, 2.75) is 57.9 Å². The van der Waals surface area contributed by atoms with Crippen LogP contribution in [0.2, 0.25) is 0 Å². The topological polar surface area (TPSA) is 3.24 Å². The highest BCUT2D eigenvalue weighted by Gasteiger charge is 2.31. The lowest BCUT2D eigenvalue weighted by Crippen LogP contribution is -2.34. The Labute approximate surface area is 88.9 Å². The van der Waals surface area contributed by atoms with Crippen molar-refractivity contribution in [2.75, 3.05) is 13.6 Å². The molecule has 1 saturated carbocycles. The van der Waals surface area contributed by atoms with E-state index in [1.807, 2.05) is 0 Å². The molecule has 0 N–H and O–H groups in total. The summed E-state index contributed by atoms with van der Waals surface area (Å²) in [6, 6.07) is 0.938. The standard InChI is InChI=1S/C13H25N/c1-3-11-6-8-12(9-7-11)13-5-4-10-14(13)2/h11-13H,3-10H2,1-2H3. The minimum absolute atomic E-state index is 0.938. The van der Waals surface area contributed by atoms with Gasteiger partial charge in [0.2, 0.25) is 0 Å². The predicted octanol–water partition coefficient (Wildman–Crippen LogP) is 3.30. The van der Waals surface area contributed by atoms with Gasteiger partial charge in [-0.3, -0.25) is 0 Å². The Morgan fingerprint density at radius 1 is 1.07 bits per heavy atom. The second-order valence-electron chi connectivity index (χ2n) is 5.38. The molecule has 82 valence electrons. The van der Waals surface area contributed by atoms with Crippen molar-refractivity contribution in [3.8, 4) is 0 Å². The van der Waals surface area contributed by atoms with Crippen LogP contribution in [0.15, 0.2) is 0 Å². The van der Waals surface area contributed by atoms with Gasteiger partial charge in [0.1, 0.15) is 0 Å². The van der Waals surface area contributed by atoms with Crippen molar-refractivity contribution in [3.63, 3.8) is 0 Å². The molecule has 1 heterocycles. The van der Waals surface area contributed by atoms with E-state index in [1.54, 1.807) is 0 Å². The fourth-order valence-electron chi connectivity index (χ4n) is 3.51. The number of hydrogen-bond acceptors (Lipinski definition) is 1. The molecule has 1 unspecified atom stereocenters. The van der Waals surface area contributed by atoms with Gasteiger partial charge in [0, 0.05) is 6.04 Å². The van der Waals surface area contributed by atoms with Gasteiger partial charge < -0.3 is 4.90 Å². The highest BCUT2D eigenvalue weighted by molar-refractivity contribution is 4.86. The second-order valence-corrected chi connectivity index (χ2v) is 5.38. The van der Waals surface area contributed by atoms with Crippen LogP contribution in [0.25, 0.3) is 0 Å². The van der Waals surface area contributed by atoms with Gasteiger partial charge in [0.25, 0.3) is 0 Å². The molecule has 1 atom stereocenters. The Hall–Kier alpha value is -0.0400. The maximum absolute atomic E-state index is 2.61. The van der Waals surface area contributed by atoms with Gasteiger partial charge in [-0.25, -0.2) is 0 Å². The highest BCUT2D eigenvalue weighted by atomic mass is 15.1. The van der Waals surface area contributed by atoms with Crippen molar-refractivity contribution in [1.82, 2.24) is 4.90 Å². The predicted molar refractivity (Wildman–Crippen MR) is 61.4 cm³/mol. The SMILES string of the molecule is CCC1CCC(C2CCCN2C)CC1. The fraction of sp³-hybridized carbons (Fsp3) is 1.00. The summed E-state index contributed by atoms with van der Waals surface area (Å²) in [5, 5.41) is 0. The molecule has 0 spiro atoms. The first-order valence-electron chi connectivity index (χ1n) is 6.51. The van der Waals surface area contributed by atoms with E-state index in [0.29, 0.717) is 0 Å². The van der Waals surface area contributed by atoms with E-state index in [9.17, 15) is 0 Å². The summed E-state index contributed by atoms with van der Waals surface area (Å²) >= 11 is 0. The van der Waals surface area contributed by atoms with Gasteiger partial charge in [-0.15, -0.1) is 0 Å². The second kappa shape index (κ2) is 4.65. The van der Waals surface area contributed by atoms with Gasteiger partial charge >= 0.3 is 0 Å². The molecule has 1 aliphatic heterocycles. The van der Waals surface area contributed by atoms with Crippen molar-refractivity contribution in [2.24, 2.45) is 11.8 Å². The molecule has 0 bridgehead atoms. The molecule has 1 heteroatoms. The van der Waals surface area contributed by atoms with E-state index in [0.717, 1.165) is 17.9 Å². The minimum atomic E-state index is 0.938. The van der Waals surface area contributed by atoms with Crippen LogP contribution in [0.4, 0.5) is 0 Å². The van der Waals surface area contributed by atoms with Gasteiger partial charge in [-0.1, -0.05) is 26.2 Å². The molecule has 0 aromatic heterocycles. The summed E-state index contributed by atoms with van der Waals surface area (Å²) in [6.07, 6.45) is 10.3. The van der Waals surface area contributed by atoms with Crippen LogP contribution in [0.3, 0.4) is 0 Å². The van der Waals surface area contributed by atoms with Crippen molar-refractivity contribution < 1.29 is 0 Å². The first kappa shape index (κ1) is 10.5. The molecular formula is C13H25N. The molecule has 2 aliphatic rings. The minimum Gasteiger partial charge on any atom is -0.303 e. The molecule has 1 aliphatic carbocycles. The molecule has 0 amide bonds. The van der Waals surface area contributed by atoms with E-state index in [-0.39, 0.29) is 0 Å². The van der Waals surface area contributed by atoms with E-state index >= 15 is 0 Å². The average Bonchev–Trinajstić information content (AvgIpc) is 2.65. The number of likely N-dealkylation sites (tertiary alicyclic amines) is 1. The molecule has 1 nitrogen and oxygen atoms in total. The van der Waals surface area contributed by atoms with Crippen LogP contribution in [0.5, 0.6) is 0 Å². The Morgan fingerprint density at radius 2 is 1.79 bits per heavy atom. The van der Waals surface area contributed by atoms with Crippen LogP contribution < -0.4 is 0 Å². The fourth-order valence-corrected chi connectivity index (χ4v) is 3.51. The van der Waals surface area contributed by atoms with Gasteiger partial charge in [0.15, 0.2) is 0 Å². The van der Waals surface area contributed by atoms with Gasteiger partial charge in [-0.05, 0) is 51.1 Å². The quantitative estimate of drug-likeness (QED) is 0.653. The lowest BCUT2D eigenvalue weighted by atomic mass is 9.77. The molecule has 0 aromatic carbocycles. The van der Waals surface area contributed by atoms with Gasteiger partial charge in [-0.2, -0.15) is 0 Å². The first-order chi connectivity index (χ1) is 6.81.